The van der Waals surface area contributed by atoms with Crippen molar-refractivity contribution in [2.24, 2.45) is 5.73 Å². The van der Waals surface area contributed by atoms with Gasteiger partial charge in [0.25, 0.3) is 5.91 Å². The van der Waals surface area contributed by atoms with Crippen LogP contribution in [-0.2, 0) is 0 Å². The number of amides is 1. The van der Waals surface area contributed by atoms with Crippen LogP contribution in [0.25, 0.3) is 11.1 Å². The molecule has 2 N–H and O–H groups in total. The van der Waals surface area contributed by atoms with Crippen molar-refractivity contribution in [3.8, 4) is 11.1 Å². The summed E-state index contributed by atoms with van der Waals surface area (Å²) in [5.74, 6) is 0.0142. The van der Waals surface area contributed by atoms with Crippen LogP contribution in [0.4, 0.5) is 0 Å². The summed E-state index contributed by atoms with van der Waals surface area (Å²) in [6.45, 7) is 2.73. The predicted octanol–water partition coefficient (Wildman–Crippen LogP) is 3.74. The number of hydrogen-bond donors (Lipinski definition) is 1. The van der Waals surface area contributed by atoms with Crippen molar-refractivity contribution in [3.63, 3.8) is 0 Å². The second kappa shape index (κ2) is 7.32. The minimum Gasteiger partial charge on any atom is -0.334 e. The molecule has 0 radical (unpaired) electrons. The first-order valence-electron chi connectivity index (χ1n) is 8.34. The summed E-state index contributed by atoms with van der Waals surface area (Å²) in [5.41, 5.74) is 8.59. The first kappa shape index (κ1) is 16.9. The molecule has 0 spiro atoms. The van der Waals surface area contributed by atoms with Crippen LogP contribution in [0, 0.1) is 0 Å². The zero-order chi connectivity index (χ0) is 17.1. The molecule has 126 valence electrons. The van der Waals surface area contributed by atoms with E-state index in [1.807, 2.05) is 42.2 Å². The number of rotatable bonds is 3. The molecule has 1 aromatic heterocycles. The molecule has 4 nitrogen and oxygen atoms in total. The molecular weight excluding hydrogens is 322 g/mol. The highest BCUT2D eigenvalue weighted by Gasteiger charge is 2.30. The maximum Gasteiger partial charge on any atom is 0.255 e. The van der Waals surface area contributed by atoms with Gasteiger partial charge in [0.2, 0.25) is 0 Å². The summed E-state index contributed by atoms with van der Waals surface area (Å²) in [6.07, 6.45) is 6.51. The zero-order valence-electron chi connectivity index (χ0n) is 13.8. The Balaban J connectivity index is 1.87. The summed E-state index contributed by atoms with van der Waals surface area (Å²) >= 11 is 5.94. The molecule has 5 heteroatoms. The number of aromatic nitrogens is 1. The third-order valence-corrected chi connectivity index (χ3v) is 4.83. The smallest absolute Gasteiger partial charge is 0.255 e. The van der Waals surface area contributed by atoms with E-state index in [2.05, 4.69) is 4.98 Å². The van der Waals surface area contributed by atoms with E-state index in [-0.39, 0.29) is 18.0 Å². The van der Waals surface area contributed by atoms with Gasteiger partial charge in [-0.05, 0) is 49.9 Å². The number of halogens is 1. The van der Waals surface area contributed by atoms with Crippen molar-refractivity contribution in [2.45, 2.75) is 38.3 Å². The standard InChI is InChI=1S/C19H22ClN3O/c1-13(21)18-4-2-3-9-23(18)19(24)16-10-15(11-22-12-16)14-5-7-17(20)8-6-14/h5-8,10-13,18H,2-4,9,21H2,1H3. The molecule has 2 aromatic rings. The van der Waals surface area contributed by atoms with Gasteiger partial charge in [0.1, 0.15) is 0 Å². The average molecular weight is 344 g/mol. The van der Waals surface area contributed by atoms with Crippen LogP contribution in [-0.4, -0.2) is 34.4 Å². The molecule has 1 aromatic carbocycles. The van der Waals surface area contributed by atoms with E-state index in [4.69, 9.17) is 17.3 Å². The van der Waals surface area contributed by atoms with Gasteiger partial charge in [0, 0.05) is 41.6 Å². The Hall–Kier alpha value is -1.91. The van der Waals surface area contributed by atoms with E-state index >= 15 is 0 Å². The molecule has 2 heterocycles. The lowest BCUT2D eigenvalue weighted by molar-refractivity contribution is 0.0583. The molecule has 2 unspecified atom stereocenters. The second-order valence-electron chi connectivity index (χ2n) is 6.39. The Labute approximate surface area is 147 Å². The van der Waals surface area contributed by atoms with Crippen molar-refractivity contribution in [1.82, 2.24) is 9.88 Å². The molecule has 24 heavy (non-hydrogen) atoms. The van der Waals surface area contributed by atoms with E-state index in [1.165, 1.54) is 0 Å². The summed E-state index contributed by atoms with van der Waals surface area (Å²) < 4.78 is 0. The third kappa shape index (κ3) is 3.60. The highest BCUT2D eigenvalue weighted by molar-refractivity contribution is 6.30. The number of carbonyl (C=O) groups is 1. The first-order valence-corrected chi connectivity index (χ1v) is 8.71. The van der Waals surface area contributed by atoms with Gasteiger partial charge in [-0.3, -0.25) is 9.78 Å². The van der Waals surface area contributed by atoms with E-state index in [1.54, 1.807) is 12.4 Å². The Bertz CT molecular complexity index is 715. The minimum absolute atomic E-state index is 0.0142. The van der Waals surface area contributed by atoms with Crippen LogP contribution in [0.15, 0.2) is 42.7 Å². The molecule has 0 saturated carbocycles. The molecular formula is C19H22ClN3O. The largest absolute Gasteiger partial charge is 0.334 e. The lowest BCUT2D eigenvalue weighted by Gasteiger charge is -2.38. The van der Waals surface area contributed by atoms with E-state index < -0.39 is 0 Å². The van der Waals surface area contributed by atoms with Gasteiger partial charge in [-0.1, -0.05) is 23.7 Å². The van der Waals surface area contributed by atoms with Gasteiger partial charge < -0.3 is 10.6 Å². The van der Waals surface area contributed by atoms with Crippen molar-refractivity contribution in [1.29, 1.82) is 0 Å². The molecule has 1 fully saturated rings. The predicted molar refractivity (Wildman–Crippen MR) is 97.0 cm³/mol. The number of piperidine rings is 1. The zero-order valence-corrected chi connectivity index (χ0v) is 14.5. The van der Waals surface area contributed by atoms with Gasteiger partial charge in [-0.15, -0.1) is 0 Å². The summed E-state index contributed by atoms with van der Waals surface area (Å²) in [6, 6.07) is 9.50. The van der Waals surface area contributed by atoms with Crippen LogP contribution in [0.5, 0.6) is 0 Å². The highest BCUT2D eigenvalue weighted by Crippen LogP contribution is 2.25. The molecule has 0 bridgehead atoms. The third-order valence-electron chi connectivity index (χ3n) is 4.58. The van der Waals surface area contributed by atoms with Gasteiger partial charge >= 0.3 is 0 Å². The maximum absolute atomic E-state index is 13.0. The average Bonchev–Trinajstić information content (AvgIpc) is 2.62. The fourth-order valence-electron chi connectivity index (χ4n) is 3.28. The second-order valence-corrected chi connectivity index (χ2v) is 6.83. The number of hydrogen-bond acceptors (Lipinski definition) is 3. The number of carbonyl (C=O) groups excluding carboxylic acids is 1. The van der Waals surface area contributed by atoms with Gasteiger partial charge in [0.15, 0.2) is 0 Å². The van der Waals surface area contributed by atoms with Crippen LogP contribution >= 0.6 is 11.6 Å². The summed E-state index contributed by atoms with van der Waals surface area (Å²) in [4.78, 5) is 19.1. The quantitative estimate of drug-likeness (QED) is 0.923. The summed E-state index contributed by atoms with van der Waals surface area (Å²) in [7, 11) is 0. The number of benzene rings is 1. The van der Waals surface area contributed by atoms with Gasteiger partial charge in [-0.2, -0.15) is 0 Å². The van der Waals surface area contributed by atoms with Crippen molar-refractivity contribution in [3.05, 3.63) is 53.3 Å². The minimum atomic E-state index is -0.0262. The molecule has 1 amide bonds. The highest BCUT2D eigenvalue weighted by atomic mass is 35.5. The van der Waals surface area contributed by atoms with E-state index in [9.17, 15) is 4.79 Å². The van der Waals surface area contributed by atoms with Gasteiger partial charge in [0.05, 0.1) is 5.56 Å². The van der Waals surface area contributed by atoms with Crippen LogP contribution < -0.4 is 5.73 Å². The number of nitrogens with zero attached hydrogens (tertiary/aromatic N) is 2. The normalized spacial score (nSPS) is 19.1. The lowest BCUT2D eigenvalue weighted by atomic mass is 9.96. The van der Waals surface area contributed by atoms with Crippen LogP contribution in [0.2, 0.25) is 5.02 Å². The SMILES string of the molecule is CC(N)C1CCCCN1C(=O)c1cncc(-c2ccc(Cl)cc2)c1. The molecule has 3 rings (SSSR count). The first-order chi connectivity index (χ1) is 11.6. The lowest BCUT2D eigenvalue weighted by Crippen LogP contribution is -2.51. The fourth-order valence-corrected chi connectivity index (χ4v) is 3.41. The number of likely N-dealkylation sites (tertiary alicyclic amines) is 1. The Morgan fingerprint density at radius 3 is 2.71 bits per heavy atom. The topological polar surface area (TPSA) is 59.2 Å². The van der Waals surface area contributed by atoms with Crippen molar-refractivity contribution < 1.29 is 4.79 Å². The van der Waals surface area contributed by atoms with Crippen molar-refractivity contribution >= 4 is 17.5 Å². The summed E-state index contributed by atoms with van der Waals surface area (Å²) in [5, 5.41) is 0.687. The maximum atomic E-state index is 13.0. The fraction of sp³-hybridized carbons (Fsp3) is 0.368. The van der Waals surface area contributed by atoms with Crippen LogP contribution in [0.1, 0.15) is 36.5 Å². The molecule has 2 atom stereocenters. The Kier molecular flexibility index (Phi) is 5.17. The van der Waals surface area contributed by atoms with E-state index in [0.717, 1.165) is 36.9 Å². The van der Waals surface area contributed by atoms with Crippen molar-refractivity contribution in [2.75, 3.05) is 6.54 Å². The monoisotopic (exact) mass is 343 g/mol. The van der Waals surface area contributed by atoms with E-state index in [0.29, 0.717) is 10.6 Å². The number of nitrogens with two attached hydrogens (primary N) is 1. The Morgan fingerprint density at radius 2 is 2.00 bits per heavy atom. The molecule has 1 saturated heterocycles. The van der Waals surface area contributed by atoms with Gasteiger partial charge in [-0.25, -0.2) is 0 Å². The Morgan fingerprint density at radius 1 is 1.25 bits per heavy atom. The molecule has 0 aliphatic carbocycles. The molecule has 1 aliphatic heterocycles. The van der Waals surface area contributed by atoms with Crippen LogP contribution in [0.3, 0.4) is 0 Å². The molecule has 1 aliphatic rings. The number of pyridine rings is 1.